The Labute approximate surface area is 102 Å². The average Bonchev–Trinajstić information content (AvgIpc) is 2.28. The van der Waals surface area contributed by atoms with Gasteiger partial charge < -0.3 is 10.2 Å². The Hall–Kier alpha value is -1.12. The lowest BCUT2D eigenvalue weighted by Crippen LogP contribution is -2.24. The molecule has 0 bridgehead atoms. The van der Waals surface area contributed by atoms with Crippen LogP contribution in [0.3, 0.4) is 0 Å². The topological polar surface area (TPSA) is 66.4 Å². The molecule has 1 rings (SSSR count). The monoisotopic (exact) mass is 255 g/mol. The van der Waals surface area contributed by atoms with Crippen LogP contribution in [0.15, 0.2) is 24.3 Å². The molecule has 5 heteroatoms. The van der Waals surface area contributed by atoms with Crippen LogP contribution in [0.1, 0.15) is 18.9 Å². The molecule has 17 heavy (non-hydrogen) atoms. The van der Waals surface area contributed by atoms with Crippen LogP contribution >= 0.6 is 8.03 Å². The zero-order valence-electron chi connectivity index (χ0n) is 10.1. The van der Waals surface area contributed by atoms with E-state index in [4.69, 9.17) is 4.89 Å². The number of aryl methyl sites for hydroxylation is 1. The number of benzene rings is 1. The first-order chi connectivity index (χ1) is 8.02. The number of amides is 1. The second kappa shape index (κ2) is 6.58. The van der Waals surface area contributed by atoms with E-state index >= 15 is 0 Å². The van der Waals surface area contributed by atoms with Crippen LogP contribution < -0.4 is 5.32 Å². The minimum Gasteiger partial charge on any atom is -0.346 e. The Bertz CT molecular complexity index is 403. The van der Waals surface area contributed by atoms with Crippen molar-refractivity contribution in [3.8, 4) is 0 Å². The fourth-order valence-corrected chi connectivity index (χ4v) is 2.41. The van der Waals surface area contributed by atoms with Gasteiger partial charge in [0.25, 0.3) is 0 Å². The van der Waals surface area contributed by atoms with Crippen molar-refractivity contribution in [1.29, 1.82) is 0 Å². The van der Waals surface area contributed by atoms with Gasteiger partial charge in [-0.3, -0.25) is 9.36 Å². The van der Waals surface area contributed by atoms with Crippen molar-refractivity contribution < 1.29 is 14.3 Å². The number of carbonyl (C=O) groups excluding carboxylic acids is 1. The standard InChI is InChI=1S/C12H18NO3P/c1-3-10(8-17(15)16)12(14)13-11-6-4-9(2)5-7-11/h4-7,10,17H,3,8H2,1-2H3,(H,13,14)(H,15,16). The Kier molecular flexibility index (Phi) is 5.39. The molecular weight excluding hydrogens is 237 g/mol. The van der Waals surface area contributed by atoms with Gasteiger partial charge in [-0.05, 0) is 25.5 Å². The predicted octanol–water partition coefficient (Wildman–Crippen LogP) is 2.43. The van der Waals surface area contributed by atoms with Crippen LogP contribution in [0.4, 0.5) is 5.69 Å². The highest BCUT2D eigenvalue weighted by Gasteiger charge is 2.18. The average molecular weight is 255 g/mol. The van der Waals surface area contributed by atoms with E-state index in [1.54, 1.807) is 0 Å². The predicted molar refractivity (Wildman–Crippen MR) is 69.7 cm³/mol. The van der Waals surface area contributed by atoms with E-state index in [0.717, 1.165) is 11.3 Å². The molecule has 0 aromatic heterocycles. The van der Waals surface area contributed by atoms with Gasteiger partial charge in [0.2, 0.25) is 5.91 Å². The third kappa shape index (κ3) is 4.72. The second-order valence-electron chi connectivity index (χ2n) is 4.06. The summed E-state index contributed by atoms with van der Waals surface area (Å²) in [6.45, 7) is 3.81. The summed E-state index contributed by atoms with van der Waals surface area (Å²) in [7, 11) is -2.60. The van der Waals surface area contributed by atoms with Crippen LogP contribution in [0, 0.1) is 12.8 Å². The molecule has 0 aliphatic heterocycles. The SMILES string of the molecule is CCC(C[PH](=O)O)C(=O)Nc1ccc(C)cc1. The minimum atomic E-state index is -2.60. The normalized spacial score (nSPS) is 14.1. The van der Waals surface area contributed by atoms with Crippen molar-refractivity contribution in [2.45, 2.75) is 20.3 Å². The van der Waals surface area contributed by atoms with E-state index in [0.29, 0.717) is 6.42 Å². The maximum Gasteiger partial charge on any atom is 0.228 e. The first-order valence-corrected chi connectivity index (χ1v) is 7.18. The number of anilines is 1. The summed E-state index contributed by atoms with van der Waals surface area (Å²) in [4.78, 5) is 20.7. The molecule has 1 aromatic rings. The van der Waals surface area contributed by atoms with Gasteiger partial charge in [0, 0.05) is 17.8 Å². The lowest BCUT2D eigenvalue weighted by atomic mass is 10.1. The number of carbonyl (C=O) groups is 1. The molecule has 0 saturated heterocycles. The number of nitrogens with one attached hydrogen (secondary N) is 1. The summed E-state index contributed by atoms with van der Waals surface area (Å²) < 4.78 is 10.8. The first kappa shape index (κ1) is 13.9. The number of rotatable bonds is 5. The highest BCUT2D eigenvalue weighted by atomic mass is 31.1. The van der Waals surface area contributed by atoms with Gasteiger partial charge in [-0.2, -0.15) is 0 Å². The lowest BCUT2D eigenvalue weighted by molar-refractivity contribution is -0.119. The van der Waals surface area contributed by atoms with Crippen molar-refractivity contribution in [1.82, 2.24) is 0 Å². The molecule has 2 unspecified atom stereocenters. The molecule has 0 saturated carbocycles. The van der Waals surface area contributed by atoms with Crippen LogP contribution in [0.25, 0.3) is 0 Å². The van der Waals surface area contributed by atoms with Crippen molar-refractivity contribution in [2.24, 2.45) is 5.92 Å². The molecule has 4 nitrogen and oxygen atoms in total. The van der Waals surface area contributed by atoms with Crippen molar-refractivity contribution in [3.05, 3.63) is 29.8 Å². The second-order valence-corrected chi connectivity index (χ2v) is 5.25. The van der Waals surface area contributed by atoms with E-state index in [-0.39, 0.29) is 12.1 Å². The van der Waals surface area contributed by atoms with E-state index in [1.165, 1.54) is 0 Å². The smallest absolute Gasteiger partial charge is 0.228 e. The van der Waals surface area contributed by atoms with Crippen LogP contribution in [-0.2, 0) is 9.36 Å². The first-order valence-electron chi connectivity index (χ1n) is 5.62. The minimum absolute atomic E-state index is 0.0544. The van der Waals surface area contributed by atoms with Crippen molar-refractivity contribution >= 4 is 19.6 Å². The molecule has 0 spiro atoms. The highest BCUT2D eigenvalue weighted by molar-refractivity contribution is 7.38. The Morgan fingerprint density at radius 1 is 1.41 bits per heavy atom. The van der Waals surface area contributed by atoms with E-state index in [9.17, 15) is 9.36 Å². The Balaban J connectivity index is 2.63. The fourth-order valence-electron chi connectivity index (χ4n) is 1.51. The number of hydrogen-bond donors (Lipinski definition) is 2. The summed E-state index contributed by atoms with van der Waals surface area (Å²) in [5.74, 6) is -0.587. The zero-order chi connectivity index (χ0) is 12.8. The lowest BCUT2D eigenvalue weighted by Gasteiger charge is -2.13. The van der Waals surface area contributed by atoms with Crippen molar-refractivity contribution in [2.75, 3.05) is 11.5 Å². The van der Waals surface area contributed by atoms with Gasteiger partial charge in [0.05, 0.1) is 0 Å². The molecule has 0 radical (unpaired) electrons. The van der Waals surface area contributed by atoms with Gasteiger partial charge in [0.1, 0.15) is 0 Å². The summed E-state index contributed by atoms with van der Waals surface area (Å²) in [6, 6.07) is 7.46. The summed E-state index contributed by atoms with van der Waals surface area (Å²) in [5, 5.41) is 2.75. The molecule has 1 aromatic carbocycles. The summed E-state index contributed by atoms with van der Waals surface area (Å²) >= 11 is 0. The quantitative estimate of drug-likeness (QED) is 0.794. The van der Waals surface area contributed by atoms with Crippen LogP contribution in [-0.4, -0.2) is 17.0 Å². The zero-order valence-corrected chi connectivity index (χ0v) is 11.1. The third-order valence-electron chi connectivity index (χ3n) is 2.60. The highest BCUT2D eigenvalue weighted by Crippen LogP contribution is 2.22. The van der Waals surface area contributed by atoms with Gasteiger partial charge in [-0.25, -0.2) is 0 Å². The maximum absolute atomic E-state index is 11.8. The van der Waals surface area contributed by atoms with E-state index in [2.05, 4.69) is 5.32 Å². The van der Waals surface area contributed by atoms with E-state index < -0.39 is 13.9 Å². The summed E-state index contributed by atoms with van der Waals surface area (Å²) in [5.41, 5.74) is 1.84. The molecule has 2 atom stereocenters. The fraction of sp³-hybridized carbons (Fsp3) is 0.417. The van der Waals surface area contributed by atoms with Gasteiger partial charge in [0.15, 0.2) is 8.03 Å². The van der Waals surface area contributed by atoms with Gasteiger partial charge in [-0.1, -0.05) is 24.6 Å². The molecule has 0 aliphatic carbocycles. The largest absolute Gasteiger partial charge is 0.346 e. The molecule has 0 heterocycles. The summed E-state index contributed by atoms with van der Waals surface area (Å²) in [6.07, 6.45) is 0.619. The molecule has 94 valence electrons. The molecule has 0 fully saturated rings. The molecule has 1 amide bonds. The Morgan fingerprint density at radius 3 is 2.47 bits per heavy atom. The molecule has 0 aliphatic rings. The maximum atomic E-state index is 11.8. The van der Waals surface area contributed by atoms with Crippen LogP contribution in [0.2, 0.25) is 0 Å². The number of hydrogen-bond acceptors (Lipinski definition) is 2. The third-order valence-corrected chi connectivity index (χ3v) is 3.45. The molecular formula is C12H18NO3P. The van der Waals surface area contributed by atoms with E-state index in [1.807, 2.05) is 38.1 Å². The van der Waals surface area contributed by atoms with Gasteiger partial charge in [-0.15, -0.1) is 0 Å². The molecule has 2 N–H and O–H groups in total. The Morgan fingerprint density at radius 2 is 2.00 bits per heavy atom. The van der Waals surface area contributed by atoms with Crippen LogP contribution in [0.5, 0.6) is 0 Å². The van der Waals surface area contributed by atoms with Crippen molar-refractivity contribution in [3.63, 3.8) is 0 Å². The van der Waals surface area contributed by atoms with Gasteiger partial charge >= 0.3 is 0 Å².